The van der Waals surface area contributed by atoms with Gasteiger partial charge in [-0.1, -0.05) is 24.3 Å². The Kier molecular flexibility index (Phi) is 4.95. The van der Waals surface area contributed by atoms with Crippen LogP contribution in [0.3, 0.4) is 0 Å². The molecule has 0 unspecified atom stereocenters. The van der Waals surface area contributed by atoms with E-state index in [1.165, 1.54) is 12.1 Å². The molecule has 0 saturated carbocycles. The standard InChI is InChI=1S/C20H20F3N3O/c1-12(18-11-24-26(3)13(18)2)25-19(27)17-7-6-15-8-14(10-20(21,22)23)4-5-16(15)9-17/h4-9,11-12H,10H2,1-3H3,(H,25,27)/t12-/m1/s1. The second kappa shape index (κ2) is 7.06. The van der Waals surface area contributed by atoms with Gasteiger partial charge in [-0.05, 0) is 42.3 Å². The third kappa shape index (κ3) is 4.30. The van der Waals surface area contributed by atoms with Crippen molar-refractivity contribution in [1.82, 2.24) is 15.1 Å². The highest BCUT2D eigenvalue weighted by Gasteiger charge is 2.27. The first-order valence-electron chi connectivity index (χ1n) is 8.53. The number of aryl methyl sites for hydroxylation is 1. The number of aromatic nitrogens is 2. The van der Waals surface area contributed by atoms with Crippen LogP contribution in [0.4, 0.5) is 13.2 Å². The van der Waals surface area contributed by atoms with Gasteiger partial charge in [0.15, 0.2) is 0 Å². The topological polar surface area (TPSA) is 46.9 Å². The van der Waals surface area contributed by atoms with Crippen molar-refractivity contribution in [3.05, 3.63) is 65.0 Å². The fraction of sp³-hybridized carbons (Fsp3) is 0.300. The van der Waals surface area contributed by atoms with E-state index in [1.54, 1.807) is 35.1 Å². The number of fused-ring (bicyclic) bond motifs is 1. The highest BCUT2D eigenvalue weighted by Crippen LogP contribution is 2.25. The summed E-state index contributed by atoms with van der Waals surface area (Å²) in [6.07, 6.45) is -3.48. The zero-order valence-corrected chi connectivity index (χ0v) is 15.3. The van der Waals surface area contributed by atoms with Crippen LogP contribution in [0, 0.1) is 6.92 Å². The number of nitrogens with zero attached hydrogens (tertiary/aromatic N) is 2. The van der Waals surface area contributed by atoms with Crippen molar-refractivity contribution in [2.75, 3.05) is 0 Å². The first-order chi connectivity index (χ1) is 12.6. The average molecular weight is 375 g/mol. The van der Waals surface area contributed by atoms with Crippen LogP contribution in [0.25, 0.3) is 10.8 Å². The Morgan fingerprint density at radius 2 is 1.85 bits per heavy atom. The number of carbonyl (C=O) groups excluding carboxylic acids is 1. The first kappa shape index (κ1) is 18.9. The number of rotatable bonds is 4. The largest absolute Gasteiger partial charge is 0.393 e. The zero-order valence-electron chi connectivity index (χ0n) is 15.3. The second-order valence-electron chi connectivity index (χ2n) is 6.69. The summed E-state index contributed by atoms with van der Waals surface area (Å²) >= 11 is 0. The molecule has 0 radical (unpaired) electrons. The monoisotopic (exact) mass is 375 g/mol. The van der Waals surface area contributed by atoms with Crippen LogP contribution in [0.5, 0.6) is 0 Å². The normalized spacial score (nSPS) is 13.0. The molecule has 1 atom stereocenters. The minimum absolute atomic E-state index is 0.202. The Balaban J connectivity index is 1.79. The fourth-order valence-corrected chi connectivity index (χ4v) is 3.08. The van der Waals surface area contributed by atoms with E-state index in [2.05, 4.69) is 10.4 Å². The van der Waals surface area contributed by atoms with Gasteiger partial charge in [0.2, 0.25) is 0 Å². The van der Waals surface area contributed by atoms with E-state index in [0.717, 1.165) is 16.6 Å². The number of hydrogen-bond donors (Lipinski definition) is 1. The van der Waals surface area contributed by atoms with Gasteiger partial charge in [0.1, 0.15) is 0 Å². The summed E-state index contributed by atoms with van der Waals surface area (Å²) in [7, 11) is 1.84. The van der Waals surface area contributed by atoms with Gasteiger partial charge in [-0.15, -0.1) is 0 Å². The van der Waals surface area contributed by atoms with Gasteiger partial charge in [-0.25, -0.2) is 0 Å². The fourth-order valence-electron chi connectivity index (χ4n) is 3.08. The van der Waals surface area contributed by atoms with Gasteiger partial charge in [0, 0.05) is 23.9 Å². The smallest absolute Gasteiger partial charge is 0.345 e. The quantitative estimate of drug-likeness (QED) is 0.731. The molecule has 0 spiro atoms. The maximum absolute atomic E-state index is 12.6. The Bertz CT molecular complexity index is 992. The molecular formula is C20H20F3N3O. The number of alkyl halides is 3. The van der Waals surface area contributed by atoms with Crippen LogP contribution >= 0.6 is 0 Å². The molecule has 1 heterocycles. The van der Waals surface area contributed by atoms with Crippen molar-refractivity contribution in [2.45, 2.75) is 32.5 Å². The average Bonchev–Trinajstić information content (AvgIpc) is 2.92. The molecule has 0 aliphatic rings. The van der Waals surface area contributed by atoms with Crippen LogP contribution in [0.2, 0.25) is 0 Å². The summed E-state index contributed by atoms with van der Waals surface area (Å²) in [5, 5.41) is 8.50. The molecule has 0 bridgehead atoms. The molecule has 7 heteroatoms. The van der Waals surface area contributed by atoms with E-state index >= 15 is 0 Å². The maximum Gasteiger partial charge on any atom is 0.393 e. The molecule has 4 nitrogen and oxygen atoms in total. The van der Waals surface area contributed by atoms with Crippen LogP contribution in [-0.2, 0) is 13.5 Å². The lowest BCUT2D eigenvalue weighted by atomic mass is 10.0. The minimum Gasteiger partial charge on any atom is -0.345 e. The van der Waals surface area contributed by atoms with Crippen molar-refractivity contribution < 1.29 is 18.0 Å². The van der Waals surface area contributed by atoms with E-state index in [1.807, 2.05) is 20.9 Å². The summed E-state index contributed by atoms with van der Waals surface area (Å²) in [5.74, 6) is -0.243. The molecule has 3 aromatic rings. The lowest BCUT2D eigenvalue weighted by Gasteiger charge is -2.14. The molecule has 2 aromatic carbocycles. The number of hydrogen-bond acceptors (Lipinski definition) is 2. The third-order valence-electron chi connectivity index (χ3n) is 4.66. The lowest BCUT2D eigenvalue weighted by Crippen LogP contribution is -2.26. The van der Waals surface area contributed by atoms with E-state index in [-0.39, 0.29) is 17.5 Å². The van der Waals surface area contributed by atoms with Crippen LogP contribution in [0.1, 0.15) is 40.1 Å². The Labute approximate surface area is 155 Å². The van der Waals surface area contributed by atoms with Crippen molar-refractivity contribution in [3.63, 3.8) is 0 Å². The summed E-state index contributed by atoms with van der Waals surface area (Å²) < 4.78 is 39.4. The highest BCUT2D eigenvalue weighted by atomic mass is 19.4. The van der Waals surface area contributed by atoms with Gasteiger partial charge in [0.25, 0.3) is 5.91 Å². The van der Waals surface area contributed by atoms with Crippen molar-refractivity contribution in [3.8, 4) is 0 Å². The van der Waals surface area contributed by atoms with Crippen LogP contribution in [-0.4, -0.2) is 21.9 Å². The third-order valence-corrected chi connectivity index (χ3v) is 4.66. The van der Waals surface area contributed by atoms with Crippen LogP contribution < -0.4 is 5.32 Å². The Hall–Kier alpha value is -2.83. The summed E-state index contributed by atoms with van der Waals surface area (Å²) in [4.78, 5) is 12.6. The molecule has 0 saturated heterocycles. The molecule has 27 heavy (non-hydrogen) atoms. The molecule has 1 amide bonds. The van der Waals surface area contributed by atoms with Gasteiger partial charge < -0.3 is 5.32 Å². The number of carbonyl (C=O) groups is 1. The minimum atomic E-state index is -4.24. The van der Waals surface area contributed by atoms with E-state index in [4.69, 9.17) is 0 Å². The van der Waals surface area contributed by atoms with Gasteiger partial charge >= 0.3 is 6.18 Å². The highest BCUT2D eigenvalue weighted by molar-refractivity contribution is 5.98. The van der Waals surface area contributed by atoms with Gasteiger partial charge in [-0.3, -0.25) is 9.48 Å². The second-order valence-corrected chi connectivity index (χ2v) is 6.69. The number of nitrogens with one attached hydrogen (secondary N) is 1. The van der Waals surface area contributed by atoms with E-state index < -0.39 is 12.6 Å². The maximum atomic E-state index is 12.6. The molecular weight excluding hydrogens is 355 g/mol. The molecule has 1 aromatic heterocycles. The molecule has 0 aliphatic heterocycles. The molecule has 0 fully saturated rings. The molecule has 0 aliphatic carbocycles. The number of benzene rings is 2. The van der Waals surface area contributed by atoms with Gasteiger partial charge in [0.05, 0.1) is 18.7 Å². The first-order valence-corrected chi connectivity index (χ1v) is 8.53. The van der Waals surface area contributed by atoms with Crippen molar-refractivity contribution in [1.29, 1.82) is 0 Å². The summed E-state index contributed by atoms with van der Waals surface area (Å²) in [6.45, 7) is 3.81. The molecule has 142 valence electrons. The number of halogens is 3. The number of amides is 1. The van der Waals surface area contributed by atoms with E-state index in [0.29, 0.717) is 10.9 Å². The SMILES string of the molecule is Cc1c([C@@H](C)NC(=O)c2ccc3cc(CC(F)(F)F)ccc3c2)cnn1C. The van der Waals surface area contributed by atoms with Crippen molar-refractivity contribution >= 4 is 16.7 Å². The summed E-state index contributed by atoms with van der Waals surface area (Å²) in [5.41, 5.74) is 2.56. The van der Waals surface area contributed by atoms with Crippen LogP contribution in [0.15, 0.2) is 42.6 Å². The zero-order chi connectivity index (χ0) is 19.8. The molecule has 1 N–H and O–H groups in total. The van der Waals surface area contributed by atoms with E-state index in [9.17, 15) is 18.0 Å². The lowest BCUT2D eigenvalue weighted by molar-refractivity contribution is -0.127. The predicted octanol–water partition coefficient (Wildman–Crippen LogP) is 4.48. The van der Waals surface area contributed by atoms with Gasteiger partial charge in [-0.2, -0.15) is 18.3 Å². The Morgan fingerprint density at radius 1 is 1.19 bits per heavy atom. The summed E-state index contributed by atoms with van der Waals surface area (Å²) in [6, 6.07) is 9.33. The Morgan fingerprint density at radius 3 is 2.48 bits per heavy atom. The van der Waals surface area contributed by atoms with Crippen molar-refractivity contribution in [2.24, 2.45) is 7.05 Å². The molecule has 3 rings (SSSR count). The predicted molar refractivity (Wildman–Crippen MR) is 97.5 cm³/mol.